The van der Waals surface area contributed by atoms with E-state index in [2.05, 4.69) is 0 Å². The molecule has 1 fully saturated rings. The average molecular weight is 318 g/mol. The molecule has 1 saturated heterocycles. The fourth-order valence-electron chi connectivity index (χ4n) is 2.68. The van der Waals surface area contributed by atoms with Crippen molar-refractivity contribution in [1.29, 1.82) is 0 Å². The van der Waals surface area contributed by atoms with E-state index in [1.807, 2.05) is 13.8 Å². The predicted octanol–water partition coefficient (Wildman–Crippen LogP) is 2.64. The largest absolute Gasteiger partial charge is 0.392 e. The van der Waals surface area contributed by atoms with E-state index in [0.29, 0.717) is 18.0 Å². The van der Waals surface area contributed by atoms with Crippen LogP contribution in [0.5, 0.6) is 0 Å². The Bertz CT molecular complexity index is 586. The smallest absolute Gasteiger partial charge is 0.243 e. The number of aliphatic hydroxyl groups excluding tert-OH is 1. The first-order chi connectivity index (χ1) is 9.37. The van der Waals surface area contributed by atoms with Gasteiger partial charge in [-0.05, 0) is 36.5 Å². The summed E-state index contributed by atoms with van der Waals surface area (Å²) in [6.45, 7) is 4.45. The van der Waals surface area contributed by atoms with E-state index >= 15 is 0 Å². The third-order valence-electron chi connectivity index (χ3n) is 3.82. The summed E-state index contributed by atoms with van der Waals surface area (Å²) < 4.78 is 27.0. The van der Waals surface area contributed by atoms with E-state index in [1.54, 1.807) is 10.4 Å². The zero-order chi connectivity index (χ0) is 14.9. The van der Waals surface area contributed by atoms with E-state index in [9.17, 15) is 8.42 Å². The Morgan fingerprint density at radius 2 is 2.15 bits per heavy atom. The molecule has 1 aromatic rings. The molecule has 0 bridgehead atoms. The minimum absolute atomic E-state index is 0.0521. The summed E-state index contributed by atoms with van der Waals surface area (Å²) >= 11 is 6.00. The maximum atomic E-state index is 12.7. The van der Waals surface area contributed by atoms with Crippen LogP contribution in [0.25, 0.3) is 0 Å². The molecule has 1 aliphatic heterocycles. The van der Waals surface area contributed by atoms with Gasteiger partial charge in [-0.2, -0.15) is 4.31 Å². The molecule has 2 rings (SSSR count). The van der Waals surface area contributed by atoms with Gasteiger partial charge in [0.1, 0.15) is 0 Å². The minimum atomic E-state index is -3.51. The standard InChI is InChI=1S/C14H20ClNO3S/c1-10(2)14-4-3-7-16(14)20(18,19)12-6-5-11(9-17)13(15)8-12/h5-6,8,10,14,17H,3-4,7,9H2,1-2H3. The van der Waals surface area contributed by atoms with Crippen molar-refractivity contribution in [3.8, 4) is 0 Å². The maximum absolute atomic E-state index is 12.7. The Labute approximate surface area is 125 Å². The summed E-state index contributed by atoms with van der Waals surface area (Å²) in [5.41, 5.74) is 0.535. The van der Waals surface area contributed by atoms with Crippen LogP contribution in [0.4, 0.5) is 0 Å². The normalized spacial score (nSPS) is 20.8. The van der Waals surface area contributed by atoms with Crippen molar-refractivity contribution in [2.75, 3.05) is 6.54 Å². The molecule has 1 aliphatic rings. The molecule has 1 heterocycles. The van der Waals surface area contributed by atoms with Crippen molar-refractivity contribution >= 4 is 21.6 Å². The first kappa shape index (κ1) is 15.8. The van der Waals surface area contributed by atoms with Crippen LogP contribution in [-0.4, -0.2) is 30.4 Å². The summed E-state index contributed by atoms with van der Waals surface area (Å²) in [6.07, 6.45) is 1.80. The molecule has 0 spiro atoms. The van der Waals surface area contributed by atoms with Crippen molar-refractivity contribution in [2.45, 2.75) is 44.2 Å². The number of hydrogen-bond acceptors (Lipinski definition) is 3. The lowest BCUT2D eigenvalue weighted by Gasteiger charge is -2.27. The Hall–Kier alpha value is -0.620. The summed E-state index contributed by atoms with van der Waals surface area (Å²) in [5, 5.41) is 9.38. The van der Waals surface area contributed by atoms with Crippen molar-refractivity contribution in [2.24, 2.45) is 5.92 Å². The van der Waals surface area contributed by atoms with Crippen LogP contribution in [-0.2, 0) is 16.6 Å². The lowest BCUT2D eigenvalue weighted by atomic mass is 10.0. The highest BCUT2D eigenvalue weighted by molar-refractivity contribution is 7.89. The Kier molecular flexibility index (Phi) is 4.74. The van der Waals surface area contributed by atoms with Gasteiger partial charge >= 0.3 is 0 Å². The molecule has 1 aromatic carbocycles. The first-order valence-corrected chi connectivity index (χ1v) is 8.61. The molecule has 0 aliphatic carbocycles. The monoisotopic (exact) mass is 317 g/mol. The quantitative estimate of drug-likeness (QED) is 0.928. The molecule has 1 unspecified atom stereocenters. The van der Waals surface area contributed by atoms with Crippen LogP contribution < -0.4 is 0 Å². The fourth-order valence-corrected chi connectivity index (χ4v) is 4.84. The lowest BCUT2D eigenvalue weighted by molar-refractivity contribution is 0.282. The number of aliphatic hydroxyl groups is 1. The zero-order valence-corrected chi connectivity index (χ0v) is 13.3. The Morgan fingerprint density at radius 1 is 1.45 bits per heavy atom. The Balaban J connectivity index is 2.37. The number of halogens is 1. The minimum Gasteiger partial charge on any atom is -0.392 e. The van der Waals surface area contributed by atoms with Gasteiger partial charge < -0.3 is 5.11 Å². The summed E-state index contributed by atoms with van der Waals surface area (Å²) in [6, 6.07) is 4.56. The van der Waals surface area contributed by atoms with Crippen molar-refractivity contribution in [1.82, 2.24) is 4.31 Å². The van der Waals surface area contributed by atoms with Gasteiger partial charge in [-0.3, -0.25) is 0 Å². The van der Waals surface area contributed by atoms with E-state index in [4.69, 9.17) is 16.7 Å². The maximum Gasteiger partial charge on any atom is 0.243 e. The highest BCUT2D eigenvalue weighted by Crippen LogP contribution is 2.31. The second kappa shape index (κ2) is 6.02. The fraction of sp³-hybridized carbons (Fsp3) is 0.571. The molecule has 1 atom stereocenters. The van der Waals surface area contributed by atoms with Gasteiger partial charge in [0, 0.05) is 17.6 Å². The number of benzene rings is 1. The molecule has 0 aromatic heterocycles. The van der Waals surface area contributed by atoms with Crippen LogP contribution in [0.2, 0.25) is 5.02 Å². The van der Waals surface area contributed by atoms with Crippen LogP contribution in [0.15, 0.2) is 23.1 Å². The van der Waals surface area contributed by atoms with Crippen molar-refractivity contribution in [3.63, 3.8) is 0 Å². The lowest BCUT2D eigenvalue weighted by Crippen LogP contribution is -2.38. The van der Waals surface area contributed by atoms with Gasteiger partial charge in [-0.1, -0.05) is 31.5 Å². The van der Waals surface area contributed by atoms with Gasteiger partial charge in [0.15, 0.2) is 0 Å². The van der Waals surface area contributed by atoms with Crippen molar-refractivity contribution < 1.29 is 13.5 Å². The van der Waals surface area contributed by atoms with Gasteiger partial charge in [-0.25, -0.2) is 8.42 Å². The molecular formula is C14H20ClNO3S. The molecule has 20 heavy (non-hydrogen) atoms. The Morgan fingerprint density at radius 3 is 2.70 bits per heavy atom. The molecule has 4 nitrogen and oxygen atoms in total. The molecule has 1 N–H and O–H groups in total. The molecule has 0 saturated carbocycles. The zero-order valence-electron chi connectivity index (χ0n) is 11.7. The summed E-state index contributed by atoms with van der Waals surface area (Å²) in [4.78, 5) is 0.201. The predicted molar refractivity (Wildman–Crippen MR) is 79.1 cm³/mol. The topological polar surface area (TPSA) is 57.6 Å². The number of sulfonamides is 1. The van der Waals surface area contributed by atoms with Crippen molar-refractivity contribution in [3.05, 3.63) is 28.8 Å². The van der Waals surface area contributed by atoms with Crippen LogP contribution in [0.1, 0.15) is 32.3 Å². The van der Waals surface area contributed by atoms with Gasteiger partial charge in [0.2, 0.25) is 10.0 Å². The van der Waals surface area contributed by atoms with Crippen LogP contribution in [0, 0.1) is 5.92 Å². The number of nitrogens with zero attached hydrogens (tertiary/aromatic N) is 1. The number of rotatable bonds is 4. The van der Waals surface area contributed by atoms with E-state index in [0.717, 1.165) is 12.8 Å². The second-order valence-corrected chi connectivity index (χ2v) is 7.78. The second-order valence-electron chi connectivity index (χ2n) is 5.48. The van der Waals surface area contributed by atoms with E-state index in [-0.39, 0.29) is 22.6 Å². The third kappa shape index (κ3) is 2.86. The van der Waals surface area contributed by atoms with Gasteiger partial charge in [0.05, 0.1) is 11.5 Å². The number of hydrogen-bond donors (Lipinski definition) is 1. The molecule has 112 valence electrons. The van der Waals surface area contributed by atoms with Crippen LogP contribution in [0.3, 0.4) is 0 Å². The third-order valence-corrected chi connectivity index (χ3v) is 6.09. The molecule has 0 radical (unpaired) electrons. The van der Waals surface area contributed by atoms with E-state index < -0.39 is 10.0 Å². The molecule has 6 heteroatoms. The SMILES string of the molecule is CC(C)C1CCCN1S(=O)(=O)c1ccc(CO)c(Cl)c1. The highest BCUT2D eigenvalue weighted by atomic mass is 35.5. The molecular weight excluding hydrogens is 298 g/mol. The van der Waals surface area contributed by atoms with E-state index in [1.165, 1.54) is 12.1 Å². The first-order valence-electron chi connectivity index (χ1n) is 6.79. The molecule has 0 amide bonds. The van der Waals surface area contributed by atoms with Gasteiger partial charge in [-0.15, -0.1) is 0 Å². The summed E-state index contributed by atoms with van der Waals surface area (Å²) in [5.74, 6) is 0.291. The van der Waals surface area contributed by atoms with Gasteiger partial charge in [0.25, 0.3) is 0 Å². The summed E-state index contributed by atoms with van der Waals surface area (Å²) in [7, 11) is -3.51. The van der Waals surface area contributed by atoms with Crippen LogP contribution >= 0.6 is 11.6 Å². The highest BCUT2D eigenvalue weighted by Gasteiger charge is 2.36. The average Bonchev–Trinajstić information content (AvgIpc) is 2.88.